The van der Waals surface area contributed by atoms with Crippen LogP contribution in [0.4, 0.5) is 17.3 Å². The Morgan fingerprint density at radius 3 is 2.81 bits per heavy atom. The molecule has 1 aliphatic rings. The second-order valence-electron chi connectivity index (χ2n) is 8.42. The van der Waals surface area contributed by atoms with Gasteiger partial charge >= 0.3 is 6.01 Å². The number of nitrogens with two attached hydrogens (primary N) is 1. The van der Waals surface area contributed by atoms with Gasteiger partial charge in [-0.25, -0.2) is 0 Å². The molecule has 0 saturated heterocycles. The van der Waals surface area contributed by atoms with Crippen molar-refractivity contribution in [2.75, 3.05) is 29.0 Å². The Hall–Kier alpha value is -2.87. The van der Waals surface area contributed by atoms with Crippen LogP contribution in [0.15, 0.2) is 24.3 Å². The Bertz CT molecular complexity index is 904. The molecule has 1 aliphatic heterocycles. The number of fused-ring (bicyclic) bond motifs is 1. The molecule has 32 heavy (non-hydrogen) atoms. The standard InChI is InChI=1S/C24H36N6O2/c1-4-6-7-12-26-14-18-10-8-11-19(13-18)15-30-16-20(31)27-21-22(25)28-24(29-23(21)30)32-17(3)9-5-2/h8,10-11,13,17,26H,4-7,9,12,14-16H2,1-3H3,(H,27,31)(H2,25,28,29)/t17-/m1/s1. The van der Waals surface area contributed by atoms with Crippen LogP contribution in [0, 0.1) is 0 Å². The maximum Gasteiger partial charge on any atom is 0.320 e. The van der Waals surface area contributed by atoms with Gasteiger partial charge in [0.2, 0.25) is 5.91 Å². The highest BCUT2D eigenvalue weighted by Crippen LogP contribution is 2.34. The average molecular weight is 441 g/mol. The van der Waals surface area contributed by atoms with E-state index in [9.17, 15) is 4.79 Å². The Kier molecular flexibility index (Phi) is 8.67. The lowest BCUT2D eigenvalue weighted by atomic mass is 10.1. The monoisotopic (exact) mass is 440 g/mol. The fraction of sp³-hybridized carbons (Fsp3) is 0.542. The number of hydrogen-bond acceptors (Lipinski definition) is 7. The van der Waals surface area contributed by atoms with Crippen LogP contribution in [0.5, 0.6) is 6.01 Å². The van der Waals surface area contributed by atoms with Crippen LogP contribution < -0.4 is 26.0 Å². The molecule has 0 radical (unpaired) electrons. The first-order chi connectivity index (χ1) is 15.5. The number of nitrogens with one attached hydrogen (secondary N) is 2. The number of nitrogen functional groups attached to an aromatic ring is 1. The fourth-order valence-electron chi connectivity index (χ4n) is 3.84. The molecule has 2 aromatic rings. The summed E-state index contributed by atoms with van der Waals surface area (Å²) < 4.78 is 5.87. The number of unbranched alkanes of at least 4 members (excludes halogenated alkanes) is 2. The van der Waals surface area contributed by atoms with E-state index in [1.807, 2.05) is 11.8 Å². The van der Waals surface area contributed by atoms with Crippen LogP contribution in [0.25, 0.3) is 0 Å². The normalized spacial score (nSPS) is 14.1. The zero-order valence-corrected chi connectivity index (χ0v) is 19.5. The average Bonchev–Trinajstić information content (AvgIpc) is 2.75. The summed E-state index contributed by atoms with van der Waals surface area (Å²) in [7, 11) is 0. The number of carbonyl (C=O) groups is 1. The summed E-state index contributed by atoms with van der Waals surface area (Å²) in [4.78, 5) is 23.1. The van der Waals surface area contributed by atoms with Crippen molar-refractivity contribution in [1.82, 2.24) is 15.3 Å². The predicted molar refractivity (Wildman–Crippen MR) is 129 cm³/mol. The van der Waals surface area contributed by atoms with Crippen molar-refractivity contribution in [3.8, 4) is 6.01 Å². The smallest absolute Gasteiger partial charge is 0.320 e. The molecule has 1 atom stereocenters. The van der Waals surface area contributed by atoms with Crippen molar-refractivity contribution in [2.45, 2.75) is 72.1 Å². The Labute approximate surface area is 191 Å². The van der Waals surface area contributed by atoms with Gasteiger partial charge in [0.25, 0.3) is 0 Å². The van der Waals surface area contributed by atoms with E-state index in [-0.39, 0.29) is 30.4 Å². The number of aromatic nitrogens is 2. The number of nitrogens with zero attached hydrogens (tertiary/aromatic N) is 3. The van der Waals surface area contributed by atoms with Gasteiger partial charge in [-0.05, 0) is 37.4 Å². The van der Waals surface area contributed by atoms with Gasteiger partial charge in [-0.15, -0.1) is 0 Å². The zero-order valence-electron chi connectivity index (χ0n) is 19.5. The van der Waals surface area contributed by atoms with Gasteiger partial charge in [0, 0.05) is 13.1 Å². The first-order valence-electron chi connectivity index (χ1n) is 11.7. The Morgan fingerprint density at radius 2 is 2.03 bits per heavy atom. The van der Waals surface area contributed by atoms with E-state index in [4.69, 9.17) is 10.5 Å². The highest BCUT2D eigenvalue weighted by Gasteiger charge is 2.27. The van der Waals surface area contributed by atoms with E-state index in [2.05, 4.69) is 58.7 Å². The molecule has 0 spiro atoms. The van der Waals surface area contributed by atoms with E-state index in [1.54, 1.807) is 0 Å². The molecule has 8 heteroatoms. The molecule has 2 heterocycles. The molecular formula is C24H36N6O2. The van der Waals surface area contributed by atoms with Gasteiger partial charge in [0.15, 0.2) is 11.6 Å². The summed E-state index contributed by atoms with van der Waals surface area (Å²) in [6, 6.07) is 8.66. The maximum atomic E-state index is 12.3. The molecule has 1 aromatic carbocycles. The first kappa shape index (κ1) is 23.8. The van der Waals surface area contributed by atoms with Crippen LogP contribution in [0.1, 0.15) is 64.0 Å². The summed E-state index contributed by atoms with van der Waals surface area (Å²) in [5.41, 5.74) is 8.92. The summed E-state index contributed by atoms with van der Waals surface area (Å²) >= 11 is 0. The van der Waals surface area contributed by atoms with E-state index in [0.29, 0.717) is 18.1 Å². The molecule has 0 saturated carbocycles. The number of benzene rings is 1. The number of rotatable bonds is 12. The number of anilines is 3. The molecule has 0 bridgehead atoms. The molecule has 0 unspecified atom stereocenters. The third kappa shape index (κ3) is 6.56. The largest absolute Gasteiger partial charge is 0.460 e. The van der Waals surface area contributed by atoms with E-state index < -0.39 is 0 Å². The zero-order chi connectivity index (χ0) is 22.9. The third-order valence-corrected chi connectivity index (χ3v) is 5.45. The van der Waals surface area contributed by atoms with Crippen molar-refractivity contribution in [1.29, 1.82) is 0 Å². The van der Waals surface area contributed by atoms with Gasteiger partial charge in [-0.1, -0.05) is 57.4 Å². The van der Waals surface area contributed by atoms with Crippen molar-refractivity contribution in [3.05, 3.63) is 35.4 Å². The second-order valence-corrected chi connectivity index (χ2v) is 8.42. The quantitative estimate of drug-likeness (QED) is 0.430. The number of ether oxygens (including phenoxy) is 1. The number of carbonyl (C=O) groups excluding carboxylic acids is 1. The molecule has 3 rings (SSSR count). The lowest BCUT2D eigenvalue weighted by molar-refractivity contribution is -0.115. The van der Waals surface area contributed by atoms with Crippen LogP contribution >= 0.6 is 0 Å². The van der Waals surface area contributed by atoms with Gasteiger partial charge in [0.1, 0.15) is 5.69 Å². The highest BCUT2D eigenvalue weighted by atomic mass is 16.5. The van der Waals surface area contributed by atoms with Gasteiger partial charge in [0.05, 0.1) is 12.6 Å². The molecule has 1 aromatic heterocycles. The SMILES string of the molecule is CCCCCNCc1cccc(CN2CC(=O)Nc3c(N)nc(O[C@H](C)CCC)nc32)c1. The minimum Gasteiger partial charge on any atom is -0.460 e. The topological polar surface area (TPSA) is 105 Å². The van der Waals surface area contributed by atoms with Crippen LogP contribution in [0.3, 0.4) is 0 Å². The van der Waals surface area contributed by atoms with Crippen molar-refractivity contribution in [3.63, 3.8) is 0 Å². The first-order valence-corrected chi connectivity index (χ1v) is 11.7. The molecule has 4 N–H and O–H groups in total. The van der Waals surface area contributed by atoms with Crippen molar-refractivity contribution < 1.29 is 9.53 Å². The third-order valence-electron chi connectivity index (χ3n) is 5.45. The molecule has 0 fully saturated rings. The molecule has 0 aliphatic carbocycles. The maximum absolute atomic E-state index is 12.3. The summed E-state index contributed by atoms with van der Waals surface area (Å²) in [5, 5.41) is 6.31. The minimum absolute atomic E-state index is 0.00871. The summed E-state index contributed by atoms with van der Waals surface area (Å²) in [6.07, 6.45) is 5.56. The molecule has 174 valence electrons. The number of amides is 1. The van der Waals surface area contributed by atoms with Gasteiger partial charge in [-0.3, -0.25) is 4.79 Å². The Morgan fingerprint density at radius 1 is 1.22 bits per heavy atom. The lowest BCUT2D eigenvalue weighted by Crippen LogP contribution is -2.39. The minimum atomic E-state index is -0.130. The summed E-state index contributed by atoms with van der Waals surface area (Å²) in [5.74, 6) is 0.685. The van der Waals surface area contributed by atoms with Crippen molar-refractivity contribution >= 4 is 23.2 Å². The van der Waals surface area contributed by atoms with E-state index >= 15 is 0 Å². The number of hydrogen-bond donors (Lipinski definition) is 3. The van der Waals surface area contributed by atoms with E-state index in [0.717, 1.165) is 31.5 Å². The van der Waals surface area contributed by atoms with Crippen LogP contribution in [-0.2, 0) is 17.9 Å². The highest BCUT2D eigenvalue weighted by molar-refractivity contribution is 6.03. The molecular weight excluding hydrogens is 404 g/mol. The van der Waals surface area contributed by atoms with E-state index in [1.165, 1.54) is 24.8 Å². The Balaban J connectivity index is 1.74. The van der Waals surface area contributed by atoms with Crippen LogP contribution in [-0.4, -0.2) is 35.1 Å². The molecule has 8 nitrogen and oxygen atoms in total. The van der Waals surface area contributed by atoms with Crippen molar-refractivity contribution in [2.24, 2.45) is 0 Å². The molecule has 1 amide bonds. The predicted octanol–water partition coefficient (Wildman–Crippen LogP) is 3.86. The summed E-state index contributed by atoms with van der Waals surface area (Å²) in [6.45, 7) is 8.90. The van der Waals surface area contributed by atoms with Gasteiger partial charge in [-0.2, -0.15) is 9.97 Å². The fourth-order valence-corrected chi connectivity index (χ4v) is 3.84. The lowest BCUT2D eigenvalue weighted by Gasteiger charge is -2.30. The second kappa shape index (κ2) is 11.7. The van der Waals surface area contributed by atoms with Crippen LogP contribution in [0.2, 0.25) is 0 Å². The van der Waals surface area contributed by atoms with Gasteiger partial charge < -0.3 is 26.0 Å².